The van der Waals surface area contributed by atoms with Crippen molar-refractivity contribution in [1.82, 2.24) is 0 Å². The Morgan fingerprint density at radius 3 is 2.52 bits per heavy atom. The van der Waals surface area contributed by atoms with E-state index in [0.29, 0.717) is 12.8 Å². The second kappa shape index (κ2) is 6.07. The fourth-order valence-electron chi connectivity index (χ4n) is 8.02. The fraction of sp³-hybridized carbons (Fsp3) is 0.708. The third-order valence-corrected chi connectivity index (χ3v) is 8.90. The molecule has 5 fully saturated rings. The van der Waals surface area contributed by atoms with Gasteiger partial charge in [-0.25, -0.2) is 0 Å². The number of ketones is 1. The van der Waals surface area contributed by atoms with Gasteiger partial charge in [0.1, 0.15) is 6.10 Å². The zero-order valence-electron chi connectivity index (χ0n) is 18.5. The molecule has 2 spiro atoms. The molecule has 4 bridgehead atoms. The van der Waals surface area contributed by atoms with Crippen molar-refractivity contribution >= 4 is 17.7 Å². The molecule has 6 aliphatic rings. The van der Waals surface area contributed by atoms with Gasteiger partial charge in [0.05, 0.1) is 17.4 Å². The van der Waals surface area contributed by atoms with Crippen molar-refractivity contribution in [3.05, 3.63) is 24.3 Å². The van der Waals surface area contributed by atoms with Gasteiger partial charge in [-0.05, 0) is 48.2 Å². The summed E-state index contributed by atoms with van der Waals surface area (Å²) < 4.78 is 17.7. The number of allylic oxidation sites excluding steroid dienone is 2. The summed E-state index contributed by atoms with van der Waals surface area (Å²) in [6.07, 6.45) is 3.57. The van der Waals surface area contributed by atoms with E-state index in [1.165, 1.54) is 13.8 Å². The molecule has 0 aromatic heterocycles. The number of carbonyl (C=O) groups excluding carboxylic acids is 3. The average molecular weight is 430 g/mol. The Bertz CT molecular complexity index is 934. The van der Waals surface area contributed by atoms with Gasteiger partial charge in [-0.15, -0.1) is 0 Å². The van der Waals surface area contributed by atoms with Crippen molar-refractivity contribution in [2.24, 2.45) is 34.0 Å². The number of rotatable bonds is 2. The topological polar surface area (TPSA) is 99.1 Å². The van der Waals surface area contributed by atoms with E-state index in [0.717, 1.165) is 12.0 Å². The molecule has 2 aliphatic heterocycles. The van der Waals surface area contributed by atoms with E-state index in [1.807, 2.05) is 19.9 Å². The molecule has 0 amide bonds. The predicted molar refractivity (Wildman–Crippen MR) is 108 cm³/mol. The molecule has 0 aromatic rings. The monoisotopic (exact) mass is 430 g/mol. The Morgan fingerprint density at radius 1 is 1.19 bits per heavy atom. The molecule has 7 heteroatoms. The summed E-state index contributed by atoms with van der Waals surface area (Å²) in [6, 6.07) is 0. The van der Waals surface area contributed by atoms with Crippen LogP contribution in [-0.2, 0) is 28.6 Å². The van der Waals surface area contributed by atoms with Crippen LogP contribution in [0.5, 0.6) is 0 Å². The van der Waals surface area contributed by atoms with E-state index < -0.39 is 52.1 Å². The van der Waals surface area contributed by atoms with Gasteiger partial charge in [-0.3, -0.25) is 14.4 Å². The summed E-state index contributed by atoms with van der Waals surface area (Å²) in [4.78, 5) is 37.9. The highest BCUT2D eigenvalue weighted by atomic mass is 16.7. The number of fused-ring (bicyclic) bond motifs is 2. The van der Waals surface area contributed by atoms with E-state index in [1.54, 1.807) is 6.08 Å². The number of hydrogen-bond acceptors (Lipinski definition) is 7. The molecule has 1 unspecified atom stereocenters. The number of carbonyl (C=O) groups is 3. The lowest BCUT2D eigenvalue weighted by molar-refractivity contribution is -0.441. The van der Waals surface area contributed by atoms with Crippen LogP contribution in [0.15, 0.2) is 24.3 Å². The quantitative estimate of drug-likeness (QED) is 0.530. The Labute approximate surface area is 181 Å². The SMILES string of the molecule is C=C1[C@H]2CC[C@@H]3[C@]45COC(O)([C@H](OC(C)=O)[C@H]4C(C)(C)C=CC5=O)[C@@]3(C2)[C@H]1OC(C)=O. The number of esters is 2. The molecule has 0 aromatic carbocycles. The van der Waals surface area contributed by atoms with Crippen molar-refractivity contribution in [2.45, 2.75) is 65.0 Å². The first-order valence-corrected chi connectivity index (χ1v) is 11.0. The highest BCUT2D eigenvalue weighted by molar-refractivity contribution is 5.97. The Kier molecular flexibility index (Phi) is 4.09. The van der Waals surface area contributed by atoms with Crippen molar-refractivity contribution in [2.75, 3.05) is 6.61 Å². The Hall–Kier alpha value is -1.99. The van der Waals surface area contributed by atoms with Gasteiger partial charge in [-0.1, -0.05) is 26.5 Å². The van der Waals surface area contributed by atoms with E-state index in [-0.39, 0.29) is 24.2 Å². The van der Waals surface area contributed by atoms with E-state index >= 15 is 0 Å². The van der Waals surface area contributed by atoms with Gasteiger partial charge < -0.3 is 19.3 Å². The lowest BCUT2D eigenvalue weighted by atomic mass is 9.37. The molecule has 168 valence electrons. The minimum absolute atomic E-state index is 0.0441. The second-order valence-corrected chi connectivity index (χ2v) is 10.7. The van der Waals surface area contributed by atoms with Gasteiger partial charge in [0.25, 0.3) is 0 Å². The maximum absolute atomic E-state index is 13.6. The van der Waals surface area contributed by atoms with Crippen LogP contribution in [0.3, 0.4) is 0 Å². The largest absolute Gasteiger partial charge is 0.457 e. The second-order valence-electron chi connectivity index (χ2n) is 10.7. The Balaban J connectivity index is 1.80. The van der Waals surface area contributed by atoms with Crippen molar-refractivity contribution in [3.8, 4) is 0 Å². The Morgan fingerprint density at radius 2 is 1.87 bits per heavy atom. The molecule has 31 heavy (non-hydrogen) atoms. The van der Waals surface area contributed by atoms with Gasteiger partial charge in [0.15, 0.2) is 11.9 Å². The molecule has 8 atom stereocenters. The van der Waals surface area contributed by atoms with Crippen molar-refractivity contribution in [1.29, 1.82) is 0 Å². The summed E-state index contributed by atoms with van der Waals surface area (Å²) in [5, 5.41) is 12.3. The molecule has 3 saturated carbocycles. The maximum atomic E-state index is 13.6. The number of hydrogen-bond donors (Lipinski definition) is 1. The lowest BCUT2D eigenvalue weighted by Crippen LogP contribution is -2.83. The third kappa shape index (κ3) is 2.24. The van der Waals surface area contributed by atoms with E-state index in [4.69, 9.17) is 14.2 Å². The molecule has 2 saturated heterocycles. The molecule has 7 nitrogen and oxygen atoms in total. The predicted octanol–water partition coefficient (Wildman–Crippen LogP) is 2.32. The van der Waals surface area contributed by atoms with Gasteiger partial charge in [0, 0.05) is 19.8 Å². The lowest BCUT2D eigenvalue weighted by Gasteiger charge is -2.72. The van der Waals surface area contributed by atoms with Gasteiger partial charge in [0.2, 0.25) is 5.79 Å². The zero-order chi connectivity index (χ0) is 22.6. The van der Waals surface area contributed by atoms with Crippen LogP contribution in [0.25, 0.3) is 0 Å². The summed E-state index contributed by atoms with van der Waals surface area (Å²) in [7, 11) is 0. The number of ether oxygens (including phenoxy) is 3. The van der Waals surface area contributed by atoms with Crippen LogP contribution in [0, 0.1) is 34.0 Å². The van der Waals surface area contributed by atoms with Crippen molar-refractivity contribution in [3.63, 3.8) is 0 Å². The summed E-state index contributed by atoms with van der Waals surface area (Å²) >= 11 is 0. The molecule has 1 N–H and O–H groups in total. The first kappa shape index (κ1) is 20.9. The van der Waals surface area contributed by atoms with Crippen LogP contribution in [0.2, 0.25) is 0 Å². The fourth-order valence-corrected chi connectivity index (χ4v) is 8.02. The standard InChI is InChI=1S/C24H30O7/c1-12-15-6-7-16-22-11-29-24(28,23(16,10-15)19(12)30-13(2)25)20(31-14(3)26)18(22)21(4,5)9-8-17(22)27/h8-9,15-16,18-20,28H,1,6-7,10-11H2,2-5H3/t15-,16+,18-,19-,20+,22-,23+,24?/m0/s1. The molecular weight excluding hydrogens is 400 g/mol. The molecule has 6 rings (SSSR count). The van der Waals surface area contributed by atoms with E-state index in [2.05, 4.69) is 6.58 Å². The van der Waals surface area contributed by atoms with Crippen LogP contribution in [0.4, 0.5) is 0 Å². The summed E-state index contributed by atoms with van der Waals surface area (Å²) in [5.74, 6) is -3.70. The summed E-state index contributed by atoms with van der Waals surface area (Å²) in [5.41, 5.74) is -1.84. The maximum Gasteiger partial charge on any atom is 0.303 e. The van der Waals surface area contributed by atoms with Crippen LogP contribution >= 0.6 is 0 Å². The number of aliphatic hydroxyl groups is 1. The third-order valence-electron chi connectivity index (χ3n) is 8.90. The van der Waals surface area contributed by atoms with Crippen molar-refractivity contribution < 1.29 is 33.7 Å². The first-order chi connectivity index (χ1) is 14.4. The van der Waals surface area contributed by atoms with Crippen LogP contribution in [0.1, 0.15) is 47.0 Å². The smallest absolute Gasteiger partial charge is 0.303 e. The first-order valence-electron chi connectivity index (χ1n) is 11.0. The zero-order valence-corrected chi connectivity index (χ0v) is 18.5. The minimum Gasteiger partial charge on any atom is -0.457 e. The minimum atomic E-state index is -1.89. The summed E-state index contributed by atoms with van der Waals surface area (Å²) in [6.45, 7) is 10.9. The highest BCUT2D eigenvalue weighted by Crippen LogP contribution is 2.77. The molecule has 0 radical (unpaired) electrons. The molecule has 2 heterocycles. The molecule has 4 aliphatic carbocycles. The van der Waals surface area contributed by atoms with Crippen LogP contribution < -0.4 is 0 Å². The van der Waals surface area contributed by atoms with E-state index in [9.17, 15) is 19.5 Å². The van der Waals surface area contributed by atoms with Gasteiger partial charge >= 0.3 is 11.9 Å². The molecular formula is C24H30O7. The van der Waals surface area contributed by atoms with Gasteiger partial charge in [-0.2, -0.15) is 0 Å². The van der Waals surface area contributed by atoms with Crippen LogP contribution in [-0.4, -0.2) is 47.4 Å². The average Bonchev–Trinajstić information content (AvgIpc) is 2.87. The normalized spacial score (nSPS) is 48.7. The highest BCUT2D eigenvalue weighted by Gasteiger charge is 2.85.